The van der Waals surface area contributed by atoms with Gasteiger partial charge in [-0.15, -0.1) is 0 Å². The molecule has 0 unspecified atom stereocenters. The van der Waals surface area contributed by atoms with Crippen molar-refractivity contribution in [1.29, 1.82) is 0 Å². The summed E-state index contributed by atoms with van der Waals surface area (Å²) in [7, 11) is 0. The molecule has 1 amide bonds. The zero-order valence-electron chi connectivity index (χ0n) is 14.1. The molecule has 1 heterocycles. The summed E-state index contributed by atoms with van der Waals surface area (Å²) >= 11 is 0. The molecule has 6 heteroatoms. The van der Waals surface area contributed by atoms with Gasteiger partial charge >= 0.3 is 5.97 Å². The van der Waals surface area contributed by atoms with Crippen LogP contribution in [0.5, 0.6) is 0 Å². The van der Waals surface area contributed by atoms with Crippen molar-refractivity contribution in [3.8, 4) is 0 Å². The summed E-state index contributed by atoms with van der Waals surface area (Å²) in [4.78, 5) is 23.9. The molecule has 0 aliphatic heterocycles. The molecule has 0 aliphatic carbocycles. The van der Waals surface area contributed by atoms with Gasteiger partial charge in [-0.2, -0.15) is 0 Å². The largest absolute Gasteiger partial charge is 0.456 e. The first kappa shape index (κ1) is 16.8. The second-order valence-electron chi connectivity index (χ2n) is 5.91. The second-order valence-corrected chi connectivity index (χ2v) is 5.91. The highest BCUT2D eigenvalue weighted by Crippen LogP contribution is 2.30. The average Bonchev–Trinajstić information content (AvgIpc) is 3.04. The number of carbonyl (C=O) groups excluding carboxylic acids is 2. The van der Waals surface area contributed by atoms with E-state index < -0.39 is 24.3 Å². The van der Waals surface area contributed by atoms with E-state index in [0.717, 1.165) is 22.4 Å². The van der Waals surface area contributed by atoms with Gasteiger partial charge in [0.25, 0.3) is 5.91 Å². The van der Waals surface area contributed by atoms with Crippen LogP contribution in [0.2, 0.25) is 0 Å². The molecule has 5 nitrogen and oxygen atoms in total. The zero-order chi connectivity index (χ0) is 18.8. The Morgan fingerprint density at radius 2 is 1.67 bits per heavy atom. The van der Waals surface area contributed by atoms with Crippen LogP contribution in [0.4, 0.5) is 10.1 Å². The number of halogens is 1. The summed E-state index contributed by atoms with van der Waals surface area (Å²) in [5.74, 6) is -2.11. The number of furan rings is 1. The lowest BCUT2D eigenvalue weighted by Gasteiger charge is -2.07. The number of hydrogen-bond acceptors (Lipinski definition) is 4. The first-order valence-electron chi connectivity index (χ1n) is 8.24. The second kappa shape index (κ2) is 6.92. The van der Waals surface area contributed by atoms with E-state index in [2.05, 4.69) is 5.32 Å². The van der Waals surface area contributed by atoms with Gasteiger partial charge in [-0.25, -0.2) is 9.18 Å². The van der Waals surface area contributed by atoms with Crippen LogP contribution in [0.1, 0.15) is 10.4 Å². The number of anilines is 1. The molecular formula is C21H14FNO4. The van der Waals surface area contributed by atoms with Crippen molar-refractivity contribution in [1.82, 2.24) is 0 Å². The lowest BCUT2D eigenvalue weighted by molar-refractivity contribution is -0.119. The van der Waals surface area contributed by atoms with Gasteiger partial charge < -0.3 is 14.5 Å². The Morgan fingerprint density at radius 1 is 0.926 bits per heavy atom. The Labute approximate surface area is 153 Å². The third-order valence-electron chi connectivity index (χ3n) is 4.09. The van der Waals surface area contributed by atoms with Crippen molar-refractivity contribution in [3.63, 3.8) is 0 Å². The minimum atomic E-state index is -0.889. The molecule has 4 rings (SSSR count). The molecule has 0 saturated carbocycles. The molecule has 0 spiro atoms. The highest BCUT2D eigenvalue weighted by molar-refractivity contribution is 6.07. The molecule has 4 aromatic rings. The maximum atomic E-state index is 13.5. The highest BCUT2D eigenvalue weighted by atomic mass is 19.1. The first-order chi connectivity index (χ1) is 13.1. The van der Waals surface area contributed by atoms with Crippen molar-refractivity contribution < 1.29 is 23.1 Å². The van der Waals surface area contributed by atoms with Crippen LogP contribution in [0.25, 0.3) is 21.9 Å². The summed E-state index contributed by atoms with van der Waals surface area (Å²) in [6, 6.07) is 18.3. The molecular weight excluding hydrogens is 349 g/mol. The molecule has 0 fully saturated rings. The number of esters is 1. The molecule has 27 heavy (non-hydrogen) atoms. The fourth-order valence-electron chi connectivity index (χ4n) is 2.84. The van der Waals surface area contributed by atoms with E-state index >= 15 is 0 Å². The van der Waals surface area contributed by atoms with Gasteiger partial charge in [0.05, 0.1) is 5.56 Å². The summed E-state index contributed by atoms with van der Waals surface area (Å²) in [5.41, 5.74) is 1.80. The minimum absolute atomic E-state index is 0.211. The Bertz CT molecular complexity index is 1170. The first-order valence-corrected chi connectivity index (χ1v) is 8.24. The van der Waals surface area contributed by atoms with E-state index in [1.807, 2.05) is 24.3 Å². The van der Waals surface area contributed by atoms with Gasteiger partial charge in [0.2, 0.25) is 0 Å². The third kappa shape index (κ3) is 3.37. The molecule has 0 radical (unpaired) electrons. The molecule has 0 bridgehead atoms. The predicted octanol–water partition coefficient (Wildman–Crippen LogP) is 4.52. The number of fused-ring (bicyclic) bond motifs is 3. The van der Waals surface area contributed by atoms with Crippen LogP contribution in [0.15, 0.2) is 71.1 Å². The molecule has 1 aromatic heterocycles. The minimum Gasteiger partial charge on any atom is -0.456 e. The molecule has 3 aromatic carbocycles. The van der Waals surface area contributed by atoms with E-state index in [1.165, 1.54) is 18.2 Å². The topological polar surface area (TPSA) is 68.5 Å². The van der Waals surface area contributed by atoms with Gasteiger partial charge in [-0.05, 0) is 36.4 Å². The van der Waals surface area contributed by atoms with E-state index in [1.54, 1.807) is 18.2 Å². The molecule has 0 aliphatic rings. The number of hydrogen-bond donors (Lipinski definition) is 1. The Hall–Kier alpha value is -3.67. The highest BCUT2D eigenvalue weighted by Gasteiger charge is 2.14. The molecule has 1 N–H and O–H groups in total. The van der Waals surface area contributed by atoms with Gasteiger partial charge in [0, 0.05) is 16.5 Å². The van der Waals surface area contributed by atoms with Gasteiger partial charge in [-0.3, -0.25) is 4.79 Å². The quantitative estimate of drug-likeness (QED) is 0.541. The summed E-state index contributed by atoms with van der Waals surface area (Å²) in [6.07, 6.45) is 0. The SMILES string of the molecule is O=C(COC(=O)c1ccccc1F)Nc1ccc2oc3ccccc3c2c1. The van der Waals surface area contributed by atoms with E-state index in [9.17, 15) is 14.0 Å². The number of carbonyl (C=O) groups is 2. The van der Waals surface area contributed by atoms with Crippen molar-refractivity contribution >= 4 is 39.5 Å². The summed E-state index contributed by atoms with van der Waals surface area (Å²) in [5, 5.41) is 4.47. The summed E-state index contributed by atoms with van der Waals surface area (Å²) < 4.78 is 24.2. The van der Waals surface area contributed by atoms with E-state index in [0.29, 0.717) is 11.3 Å². The number of benzene rings is 3. The van der Waals surface area contributed by atoms with E-state index in [4.69, 9.17) is 9.15 Å². The zero-order valence-corrected chi connectivity index (χ0v) is 14.1. The van der Waals surface area contributed by atoms with Crippen LogP contribution in [-0.4, -0.2) is 18.5 Å². The fraction of sp³-hybridized carbons (Fsp3) is 0.0476. The molecule has 134 valence electrons. The van der Waals surface area contributed by atoms with Crippen molar-refractivity contribution in [3.05, 3.63) is 78.1 Å². The van der Waals surface area contributed by atoms with Gasteiger partial charge in [-0.1, -0.05) is 30.3 Å². The predicted molar refractivity (Wildman–Crippen MR) is 99.0 cm³/mol. The molecule has 0 atom stereocenters. The lowest BCUT2D eigenvalue weighted by atomic mass is 10.1. The van der Waals surface area contributed by atoms with Gasteiger partial charge in [0.15, 0.2) is 6.61 Å². The summed E-state index contributed by atoms with van der Waals surface area (Å²) in [6.45, 7) is -0.517. The van der Waals surface area contributed by atoms with Crippen LogP contribution < -0.4 is 5.32 Å². The maximum Gasteiger partial charge on any atom is 0.341 e. The van der Waals surface area contributed by atoms with Crippen LogP contribution in [0.3, 0.4) is 0 Å². The fourth-order valence-corrected chi connectivity index (χ4v) is 2.84. The number of ether oxygens (including phenoxy) is 1. The van der Waals surface area contributed by atoms with Crippen molar-refractivity contribution in [2.45, 2.75) is 0 Å². The Balaban J connectivity index is 1.46. The van der Waals surface area contributed by atoms with Crippen LogP contribution in [0, 0.1) is 5.82 Å². The Kier molecular flexibility index (Phi) is 4.30. The maximum absolute atomic E-state index is 13.5. The number of rotatable bonds is 4. The monoisotopic (exact) mass is 363 g/mol. The number of para-hydroxylation sites is 1. The Morgan fingerprint density at radius 3 is 2.52 bits per heavy atom. The average molecular weight is 363 g/mol. The van der Waals surface area contributed by atoms with Gasteiger partial charge in [0.1, 0.15) is 17.0 Å². The van der Waals surface area contributed by atoms with Crippen LogP contribution >= 0.6 is 0 Å². The van der Waals surface area contributed by atoms with Crippen LogP contribution in [-0.2, 0) is 9.53 Å². The van der Waals surface area contributed by atoms with Crippen molar-refractivity contribution in [2.75, 3.05) is 11.9 Å². The normalized spacial score (nSPS) is 10.9. The standard InChI is InChI=1S/C21H14FNO4/c22-17-7-3-1-6-15(17)21(25)26-12-20(24)23-13-9-10-19-16(11-13)14-5-2-4-8-18(14)27-19/h1-11H,12H2,(H,23,24). The number of nitrogens with one attached hydrogen (secondary N) is 1. The molecule has 0 saturated heterocycles. The van der Waals surface area contributed by atoms with Crippen molar-refractivity contribution in [2.24, 2.45) is 0 Å². The third-order valence-corrected chi connectivity index (χ3v) is 4.09. The number of amides is 1. The lowest BCUT2D eigenvalue weighted by Crippen LogP contribution is -2.21. The smallest absolute Gasteiger partial charge is 0.341 e. The van der Waals surface area contributed by atoms with E-state index in [-0.39, 0.29) is 5.56 Å².